The maximum absolute atomic E-state index is 13.1. The van der Waals surface area contributed by atoms with Crippen LogP contribution in [-0.4, -0.2) is 51.4 Å². The molecule has 7 nitrogen and oxygen atoms in total. The maximum atomic E-state index is 13.1. The molecule has 1 N–H and O–H groups in total. The van der Waals surface area contributed by atoms with E-state index in [9.17, 15) is 4.79 Å². The number of nitrogens with zero attached hydrogens (tertiary/aromatic N) is 2. The van der Waals surface area contributed by atoms with Crippen molar-refractivity contribution >= 4 is 22.6 Å². The number of fused-ring (bicyclic) bond motifs is 2. The molecule has 0 bridgehead atoms. The summed E-state index contributed by atoms with van der Waals surface area (Å²) in [4.78, 5) is 20.2. The lowest BCUT2D eigenvalue weighted by Gasteiger charge is -2.31. The van der Waals surface area contributed by atoms with Gasteiger partial charge >= 0.3 is 0 Å². The molecular weight excluding hydrogens is 406 g/mol. The van der Waals surface area contributed by atoms with Gasteiger partial charge in [0.05, 0.1) is 31.9 Å². The molecule has 0 saturated carbocycles. The number of anilines is 1. The molecule has 1 aliphatic heterocycles. The second-order valence-electron chi connectivity index (χ2n) is 8.02. The molecule has 168 valence electrons. The summed E-state index contributed by atoms with van der Waals surface area (Å²) in [7, 11) is 4.92. The summed E-state index contributed by atoms with van der Waals surface area (Å²) in [6.45, 7) is 3.86. The maximum Gasteiger partial charge on any atom is 0.252 e. The topological polar surface area (TPSA) is 72.9 Å². The van der Waals surface area contributed by atoms with Gasteiger partial charge in [0.2, 0.25) is 0 Å². The Hall–Kier alpha value is -3.32. The number of hydrogen-bond acceptors (Lipinski definition) is 6. The number of carbonyl (C=O) groups is 1. The van der Waals surface area contributed by atoms with E-state index >= 15 is 0 Å². The Bertz CT molecular complexity index is 1130. The van der Waals surface area contributed by atoms with Crippen LogP contribution in [0.4, 0.5) is 5.82 Å². The molecule has 2 aromatic carbocycles. The normalized spacial score (nSPS) is 14.1. The van der Waals surface area contributed by atoms with Gasteiger partial charge in [-0.25, -0.2) is 4.98 Å². The van der Waals surface area contributed by atoms with E-state index in [0.717, 1.165) is 35.4 Å². The number of methoxy groups -OCH3 is 3. The van der Waals surface area contributed by atoms with E-state index in [1.807, 2.05) is 43.3 Å². The van der Waals surface area contributed by atoms with Gasteiger partial charge in [0.15, 0.2) is 11.5 Å². The Morgan fingerprint density at radius 1 is 1.09 bits per heavy atom. The van der Waals surface area contributed by atoms with Crippen LogP contribution in [0.3, 0.4) is 0 Å². The molecule has 7 heteroatoms. The standard InChI is InChI=1S/C25H29N3O4/c1-16(15-30-2)26-25(29)20-13-24(27-21-8-6-5-7-19(20)21)28-10-9-17-11-22(31-3)23(32-4)12-18(17)14-28/h5-8,11-13,16H,9-10,14-15H2,1-4H3,(H,26,29). The molecular formula is C25H29N3O4. The molecule has 0 spiro atoms. The summed E-state index contributed by atoms with van der Waals surface area (Å²) in [6, 6.07) is 13.6. The largest absolute Gasteiger partial charge is 0.493 e. The molecule has 0 radical (unpaired) electrons. The van der Waals surface area contributed by atoms with Crippen molar-refractivity contribution in [1.82, 2.24) is 10.3 Å². The van der Waals surface area contributed by atoms with E-state index in [4.69, 9.17) is 19.2 Å². The van der Waals surface area contributed by atoms with E-state index in [1.165, 1.54) is 11.1 Å². The summed E-state index contributed by atoms with van der Waals surface area (Å²) in [5.41, 5.74) is 3.83. The van der Waals surface area contributed by atoms with Gasteiger partial charge in [-0.2, -0.15) is 0 Å². The molecule has 0 fully saturated rings. The lowest BCUT2D eigenvalue weighted by molar-refractivity contribution is 0.0907. The van der Waals surface area contributed by atoms with E-state index in [-0.39, 0.29) is 11.9 Å². The quantitative estimate of drug-likeness (QED) is 0.612. The van der Waals surface area contributed by atoms with Gasteiger partial charge in [0.1, 0.15) is 5.82 Å². The fourth-order valence-electron chi connectivity index (χ4n) is 4.18. The number of rotatable bonds is 7. The van der Waals surface area contributed by atoms with Crippen LogP contribution in [0.5, 0.6) is 11.5 Å². The molecule has 0 saturated heterocycles. The summed E-state index contributed by atoms with van der Waals surface area (Å²) < 4.78 is 16.1. The minimum absolute atomic E-state index is 0.0906. The lowest BCUT2D eigenvalue weighted by atomic mass is 9.98. The second kappa shape index (κ2) is 9.44. The minimum atomic E-state index is -0.127. The van der Waals surface area contributed by atoms with Crippen LogP contribution in [0.2, 0.25) is 0 Å². The molecule has 32 heavy (non-hydrogen) atoms. The molecule has 1 aromatic heterocycles. The summed E-state index contributed by atoms with van der Waals surface area (Å²) in [5.74, 6) is 2.12. The van der Waals surface area contributed by atoms with E-state index in [2.05, 4.69) is 16.3 Å². The third-order valence-corrected chi connectivity index (χ3v) is 5.78. The zero-order valence-corrected chi connectivity index (χ0v) is 19.0. The Morgan fingerprint density at radius 2 is 1.81 bits per heavy atom. The molecule has 1 unspecified atom stereocenters. The van der Waals surface area contributed by atoms with Crippen molar-refractivity contribution in [3.63, 3.8) is 0 Å². The molecule has 3 aromatic rings. The highest BCUT2D eigenvalue weighted by Gasteiger charge is 2.23. The second-order valence-corrected chi connectivity index (χ2v) is 8.02. The molecule has 0 aliphatic carbocycles. The van der Waals surface area contributed by atoms with Gasteiger partial charge in [-0.3, -0.25) is 4.79 Å². The van der Waals surface area contributed by atoms with Gasteiger partial charge in [-0.15, -0.1) is 0 Å². The molecule has 1 atom stereocenters. The first-order valence-electron chi connectivity index (χ1n) is 10.7. The highest BCUT2D eigenvalue weighted by Crippen LogP contribution is 2.34. The number of para-hydroxylation sites is 1. The summed E-state index contributed by atoms with van der Waals surface area (Å²) >= 11 is 0. The molecule has 4 rings (SSSR count). The van der Waals surface area contributed by atoms with Crippen molar-refractivity contribution in [2.45, 2.75) is 25.9 Å². The molecule has 1 amide bonds. The van der Waals surface area contributed by atoms with Gasteiger partial charge in [0.25, 0.3) is 5.91 Å². The number of ether oxygens (including phenoxy) is 3. The Labute approximate surface area is 188 Å². The highest BCUT2D eigenvalue weighted by molar-refractivity contribution is 6.07. The van der Waals surface area contributed by atoms with Crippen LogP contribution in [0, 0.1) is 0 Å². The van der Waals surface area contributed by atoms with Crippen LogP contribution < -0.4 is 19.7 Å². The van der Waals surface area contributed by atoms with Crippen molar-refractivity contribution in [1.29, 1.82) is 0 Å². The number of aromatic nitrogens is 1. The Morgan fingerprint density at radius 3 is 2.53 bits per heavy atom. The highest BCUT2D eigenvalue weighted by atomic mass is 16.5. The van der Waals surface area contributed by atoms with Gasteiger partial charge in [-0.1, -0.05) is 18.2 Å². The summed E-state index contributed by atoms with van der Waals surface area (Å²) in [6.07, 6.45) is 0.858. The average molecular weight is 436 g/mol. The predicted octanol–water partition coefficient (Wildman–Crippen LogP) is 3.58. The molecule has 2 heterocycles. The van der Waals surface area contributed by atoms with Crippen molar-refractivity contribution in [3.05, 3.63) is 59.2 Å². The van der Waals surface area contributed by atoms with Crippen LogP contribution >= 0.6 is 0 Å². The Kier molecular flexibility index (Phi) is 6.46. The number of carbonyl (C=O) groups excluding carboxylic acids is 1. The van der Waals surface area contributed by atoms with E-state index < -0.39 is 0 Å². The predicted molar refractivity (Wildman–Crippen MR) is 125 cm³/mol. The van der Waals surface area contributed by atoms with Crippen LogP contribution in [0.1, 0.15) is 28.4 Å². The number of nitrogens with one attached hydrogen (secondary N) is 1. The van der Waals surface area contributed by atoms with Gasteiger partial charge in [-0.05, 0) is 48.7 Å². The Balaban J connectivity index is 1.69. The van der Waals surface area contributed by atoms with Crippen molar-refractivity contribution < 1.29 is 19.0 Å². The van der Waals surface area contributed by atoms with Crippen LogP contribution in [0.25, 0.3) is 10.9 Å². The fraction of sp³-hybridized carbons (Fsp3) is 0.360. The van der Waals surface area contributed by atoms with Crippen molar-refractivity contribution in [2.75, 3.05) is 39.4 Å². The number of hydrogen-bond donors (Lipinski definition) is 1. The smallest absolute Gasteiger partial charge is 0.252 e. The lowest BCUT2D eigenvalue weighted by Crippen LogP contribution is -2.36. The van der Waals surface area contributed by atoms with Crippen molar-refractivity contribution in [3.8, 4) is 11.5 Å². The molecule has 1 aliphatic rings. The van der Waals surface area contributed by atoms with Gasteiger partial charge in [0, 0.05) is 31.6 Å². The van der Waals surface area contributed by atoms with E-state index in [1.54, 1.807) is 21.3 Å². The first-order chi connectivity index (χ1) is 15.5. The van der Waals surface area contributed by atoms with Crippen LogP contribution in [0.15, 0.2) is 42.5 Å². The number of pyridine rings is 1. The minimum Gasteiger partial charge on any atom is -0.493 e. The monoisotopic (exact) mass is 435 g/mol. The zero-order chi connectivity index (χ0) is 22.7. The SMILES string of the molecule is COCC(C)NC(=O)c1cc(N2CCc3cc(OC)c(OC)cc3C2)nc2ccccc12. The summed E-state index contributed by atoms with van der Waals surface area (Å²) in [5, 5.41) is 3.86. The van der Waals surface area contributed by atoms with Gasteiger partial charge < -0.3 is 24.4 Å². The third kappa shape index (κ3) is 4.34. The number of amides is 1. The first kappa shape index (κ1) is 21.9. The first-order valence-corrected chi connectivity index (χ1v) is 10.7. The van der Waals surface area contributed by atoms with Crippen molar-refractivity contribution in [2.24, 2.45) is 0 Å². The third-order valence-electron chi connectivity index (χ3n) is 5.78. The fourth-order valence-corrected chi connectivity index (χ4v) is 4.18. The average Bonchev–Trinajstić information content (AvgIpc) is 2.82. The number of benzene rings is 2. The van der Waals surface area contributed by atoms with E-state index in [0.29, 0.717) is 24.5 Å². The zero-order valence-electron chi connectivity index (χ0n) is 19.0. The van der Waals surface area contributed by atoms with Crippen LogP contribution in [-0.2, 0) is 17.7 Å².